The standard InChI is InChI=1S/C20H22N2O9S2/c1-3-11-10-22-7-6-12(11)8-16(22)18(23)17-14-9-13(28-2)4-5-15(14)21-20-19(17)29-32(24,25)31-33(26,27)30-20/h3-5,9,11-12,16,18,23H,1,6-8,10H2,2H3/t11-,12?,16-,18-/m0/s1. The van der Waals surface area contributed by atoms with Gasteiger partial charge in [0.05, 0.1) is 18.7 Å². The molecule has 4 aliphatic rings. The van der Waals surface area contributed by atoms with E-state index in [2.05, 4.69) is 20.1 Å². The quantitative estimate of drug-likeness (QED) is 0.612. The number of piperidine rings is 3. The Morgan fingerprint density at radius 2 is 2.03 bits per heavy atom. The molecule has 11 nitrogen and oxygen atoms in total. The highest BCUT2D eigenvalue weighted by atomic mass is 32.3. The van der Waals surface area contributed by atoms with Gasteiger partial charge in [0.25, 0.3) is 5.88 Å². The van der Waals surface area contributed by atoms with Crippen LogP contribution in [0.3, 0.4) is 0 Å². The van der Waals surface area contributed by atoms with Crippen LogP contribution in [-0.4, -0.2) is 58.1 Å². The van der Waals surface area contributed by atoms with Crippen LogP contribution in [-0.2, 0) is 24.4 Å². The van der Waals surface area contributed by atoms with E-state index in [0.29, 0.717) is 35.9 Å². The lowest BCUT2D eigenvalue weighted by Gasteiger charge is -2.50. The highest BCUT2D eigenvalue weighted by Crippen LogP contribution is 2.48. The van der Waals surface area contributed by atoms with Crippen molar-refractivity contribution in [1.82, 2.24) is 9.88 Å². The number of aliphatic hydroxyl groups is 1. The SMILES string of the molecule is C=C[C@H]1CN2CCC1C[C@H]2[C@H](O)c1c2c(nc3ccc(OC)cc13)OS(=O)(=O)OS(=O)(=O)O2. The number of ether oxygens (including phenoxy) is 1. The summed E-state index contributed by atoms with van der Waals surface area (Å²) in [6, 6.07) is 4.34. The molecule has 5 atom stereocenters. The Kier molecular flexibility index (Phi) is 5.29. The van der Waals surface area contributed by atoms with Crippen molar-refractivity contribution >= 4 is 31.7 Å². The van der Waals surface area contributed by atoms with Crippen molar-refractivity contribution in [3.8, 4) is 17.4 Å². The zero-order valence-corrected chi connectivity index (χ0v) is 19.2. The molecule has 13 heteroatoms. The molecule has 2 unspecified atom stereocenters. The van der Waals surface area contributed by atoms with E-state index < -0.39 is 38.5 Å². The van der Waals surface area contributed by atoms with Crippen LogP contribution in [0.1, 0.15) is 24.5 Å². The first kappa shape index (κ1) is 22.3. The summed E-state index contributed by atoms with van der Waals surface area (Å²) >= 11 is 0. The highest BCUT2D eigenvalue weighted by molar-refractivity contribution is 7.95. The number of methoxy groups -OCH3 is 1. The van der Waals surface area contributed by atoms with Crippen molar-refractivity contribution in [1.29, 1.82) is 0 Å². The predicted octanol–water partition coefficient (Wildman–Crippen LogP) is 1.45. The number of aromatic nitrogens is 1. The summed E-state index contributed by atoms with van der Waals surface area (Å²) in [6.07, 6.45) is 2.28. The fraction of sp³-hybridized carbons (Fsp3) is 0.450. The number of fused-ring (bicyclic) bond motifs is 5. The molecule has 0 radical (unpaired) electrons. The summed E-state index contributed by atoms with van der Waals surface area (Å²) in [5.41, 5.74) is 0.285. The zero-order valence-electron chi connectivity index (χ0n) is 17.6. The van der Waals surface area contributed by atoms with Crippen LogP contribution in [0.15, 0.2) is 30.9 Å². The Hall–Kier alpha value is -2.45. The first-order chi connectivity index (χ1) is 15.6. The fourth-order valence-corrected chi connectivity index (χ4v) is 6.72. The van der Waals surface area contributed by atoms with E-state index in [4.69, 9.17) is 13.1 Å². The maximum Gasteiger partial charge on any atom is 0.468 e. The molecule has 1 N–H and O–H groups in total. The minimum atomic E-state index is -5.06. The molecule has 0 amide bonds. The summed E-state index contributed by atoms with van der Waals surface area (Å²) in [7, 11) is -8.61. The number of nitrogens with zero attached hydrogens (tertiary/aromatic N) is 2. The molecule has 1 aromatic carbocycles. The molecule has 2 aromatic rings. The molecular formula is C20H22N2O9S2. The molecule has 2 bridgehead atoms. The predicted molar refractivity (Wildman–Crippen MR) is 115 cm³/mol. The average Bonchev–Trinajstić information content (AvgIpc) is 2.86. The van der Waals surface area contributed by atoms with Crippen molar-refractivity contribution in [3.05, 3.63) is 36.4 Å². The largest absolute Gasteiger partial charge is 0.497 e. The van der Waals surface area contributed by atoms with Crippen LogP contribution in [0.4, 0.5) is 0 Å². The van der Waals surface area contributed by atoms with E-state index in [1.165, 1.54) is 7.11 Å². The van der Waals surface area contributed by atoms with Gasteiger partial charge in [-0.25, -0.2) is 4.98 Å². The molecule has 5 heterocycles. The Labute approximate surface area is 191 Å². The molecule has 33 heavy (non-hydrogen) atoms. The van der Waals surface area contributed by atoms with E-state index in [1.807, 2.05) is 6.08 Å². The molecule has 6 rings (SSSR count). The second kappa shape index (κ2) is 7.81. The third-order valence-corrected chi connectivity index (χ3v) is 8.57. The van der Waals surface area contributed by atoms with Gasteiger partial charge in [-0.1, -0.05) is 9.71 Å². The molecule has 3 fully saturated rings. The van der Waals surface area contributed by atoms with Crippen LogP contribution >= 0.6 is 0 Å². The van der Waals surface area contributed by atoms with Crippen molar-refractivity contribution < 1.29 is 38.7 Å². The number of pyridine rings is 1. The Morgan fingerprint density at radius 3 is 2.70 bits per heavy atom. The van der Waals surface area contributed by atoms with E-state index in [-0.39, 0.29) is 17.1 Å². The van der Waals surface area contributed by atoms with Gasteiger partial charge in [-0.2, -0.15) is 16.8 Å². The van der Waals surface area contributed by atoms with Crippen LogP contribution in [0.25, 0.3) is 10.9 Å². The van der Waals surface area contributed by atoms with Crippen molar-refractivity contribution in [2.24, 2.45) is 11.8 Å². The summed E-state index contributed by atoms with van der Waals surface area (Å²) in [5, 5.41) is 11.9. The lowest BCUT2D eigenvalue weighted by atomic mass is 9.73. The number of benzene rings is 1. The van der Waals surface area contributed by atoms with Gasteiger partial charge < -0.3 is 18.2 Å². The number of rotatable bonds is 4. The molecular weight excluding hydrogens is 476 g/mol. The first-order valence-corrected chi connectivity index (χ1v) is 12.9. The summed E-state index contributed by atoms with van der Waals surface area (Å²) in [4.78, 5) is 6.23. The third kappa shape index (κ3) is 3.93. The number of hydrogen-bond donors (Lipinski definition) is 1. The Morgan fingerprint density at radius 1 is 1.27 bits per heavy atom. The third-order valence-electron chi connectivity index (χ3n) is 6.50. The minimum absolute atomic E-state index is 0.0332. The average molecular weight is 499 g/mol. The maximum absolute atomic E-state index is 12.2. The van der Waals surface area contributed by atoms with E-state index >= 15 is 0 Å². The molecule has 3 saturated heterocycles. The highest BCUT2D eigenvalue weighted by Gasteiger charge is 2.45. The van der Waals surface area contributed by atoms with Gasteiger partial charge in [-0.3, -0.25) is 4.90 Å². The molecule has 0 spiro atoms. The molecule has 178 valence electrons. The van der Waals surface area contributed by atoms with Gasteiger partial charge in [0.2, 0.25) is 5.75 Å². The smallest absolute Gasteiger partial charge is 0.468 e. The molecule has 0 aliphatic carbocycles. The van der Waals surface area contributed by atoms with Crippen molar-refractivity contribution in [2.75, 3.05) is 20.2 Å². The number of aliphatic hydroxyl groups excluding tert-OH is 1. The van der Waals surface area contributed by atoms with Gasteiger partial charge in [-0.15, -0.1) is 6.58 Å². The topological polar surface area (TPSA) is 142 Å². The monoisotopic (exact) mass is 498 g/mol. The van der Waals surface area contributed by atoms with Crippen molar-refractivity contribution in [3.63, 3.8) is 0 Å². The van der Waals surface area contributed by atoms with Crippen LogP contribution in [0.5, 0.6) is 17.4 Å². The van der Waals surface area contributed by atoms with Crippen molar-refractivity contribution in [2.45, 2.75) is 25.0 Å². The molecule has 1 aromatic heterocycles. The van der Waals surface area contributed by atoms with E-state index in [1.54, 1.807) is 18.2 Å². The summed E-state index contributed by atoms with van der Waals surface area (Å²) < 4.78 is 67.5. The lowest BCUT2D eigenvalue weighted by molar-refractivity contribution is -0.0448. The van der Waals surface area contributed by atoms with Gasteiger partial charge >= 0.3 is 20.8 Å². The van der Waals surface area contributed by atoms with Crippen LogP contribution < -0.4 is 13.1 Å². The zero-order chi connectivity index (χ0) is 23.5. The Bertz CT molecular complexity index is 1340. The van der Waals surface area contributed by atoms with Gasteiger partial charge in [0.15, 0.2) is 0 Å². The Balaban J connectivity index is 1.71. The lowest BCUT2D eigenvalue weighted by Crippen LogP contribution is -2.54. The summed E-state index contributed by atoms with van der Waals surface area (Å²) in [6.45, 7) is 5.37. The maximum atomic E-state index is 12.2. The van der Waals surface area contributed by atoms with Crippen LogP contribution in [0.2, 0.25) is 0 Å². The second-order valence-electron chi connectivity index (χ2n) is 8.29. The van der Waals surface area contributed by atoms with Gasteiger partial charge in [-0.05, 0) is 49.4 Å². The van der Waals surface area contributed by atoms with E-state index in [9.17, 15) is 21.9 Å². The number of hydrogen-bond acceptors (Lipinski definition) is 11. The molecule has 4 aliphatic heterocycles. The fourth-order valence-electron chi connectivity index (χ4n) is 5.01. The van der Waals surface area contributed by atoms with Gasteiger partial charge in [0, 0.05) is 23.5 Å². The summed E-state index contributed by atoms with van der Waals surface area (Å²) in [5.74, 6) is -0.128. The minimum Gasteiger partial charge on any atom is -0.497 e. The second-order valence-corrected chi connectivity index (χ2v) is 10.8. The van der Waals surface area contributed by atoms with Crippen LogP contribution in [0, 0.1) is 11.8 Å². The van der Waals surface area contributed by atoms with E-state index in [0.717, 1.165) is 13.0 Å². The normalized spacial score (nSPS) is 30.4. The van der Waals surface area contributed by atoms with Gasteiger partial charge in [0.1, 0.15) is 5.75 Å². The first-order valence-electron chi connectivity index (χ1n) is 10.3. The molecule has 0 saturated carbocycles.